The number of methoxy groups -OCH3 is 2. The highest BCUT2D eigenvalue weighted by molar-refractivity contribution is 5.50. The van der Waals surface area contributed by atoms with E-state index in [0.29, 0.717) is 0 Å². The lowest BCUT2D eigenvalue weighted by Crippen LogP contribution is -2.41. The highest BCUT2D eigenvalue weighted by atomic mass is 16.7. The minimum atomic E-state index is -0.626. The van der Waals surface area contributed by atoms with Crippen molar-refractivity contribution >= 4 is 5.69 Å². The van der Waals surface area contributed by atoms with E-state index >= 15 is 0 Å². The van der Waals surface area contributed by atoms with Crippen LogP contribution in [0, 0.1) is 0 Å². The van der Waals surface area contributed by atoms with Crippen LogP contribution >= 0.6 is 0 Å². The van der Waals surface area contributed by atoms with Gasteiger partial charge in [-0.25, -0.2) is 0 Å². The maximum Gasteiger partial charge on any atom is 0.209 e. The summed E-state index contributed by atoms with van der Waals surface area (Å²) in [4.78, 5) is 0. The van der Waals surface area contributed by atoms with E-state index in [4.69, 9.17) is 14.2 Å². The van der Waals surface area contributed by atoms with Gasteiger partial charge in [-0.15, -0.1) is 0 Å². The average molecular weight is 299 g/mol. The number of nitrogens with one attached hydrogen (secondary N) is 1. The van der Waals surface area contributed by atoms with E-state index in [1.54, 1.807) is 14.2 Å². The standard InChI is InChI=1S/C18H21NO3/c1-18(21-3)12-16(15-6-4-5-7-17(15)22-18)19-13-8-10-14(20-2)11-9-13/h4-11,16,19H,12H2,1-3H3/t16-,18-/m1/s1. The van der Waals surface area contributed by atoms with Crippen LogP contribution in [0.5, 0.6) is 11.5 Å². The summed E-state index contributed by atoms with van der Waals surface area (Å²) in [7, 11) is 3.35. The number of hydrogen-bond acceptors (Lipinski definition) is 4. The van der Waals surface area contributed by atoms with Crippen LogP contribution in [0.25, 0.3) is 0 Å². The van der Waals surface area contributed by atoms with Gasteiger partial charge in [0.1, 0.15) is 11.5 Å². The molecule has 0 saturated carbocycles. The predicted molar refractivity (Wildman–Crippen MR) is 86.5 cm³/mol. The summed E-state index contributed by atoms with van der Waals surface area (Å²) in [5.41, 5.74) is 2.19. The number of ether oxygens (including phenoxy) is 3. The van der Waals surface area contributed by atoms with Gasteiger partial charge in [-0.2, -0.15) is 0 Å². The number of fused-ring (bicyclic) bond motifs is 1. The van der Waals surface area contributed by atoms with E-state index in [-0.39, 0.29) is 6.04 Å². The molecule has 1 heterocycles. The maximum absolute atomic E-state index is 5.99. The Morgan fingerprint density at radius 2 is 1.82 bits per heavy atom. The Balaban J connectivity index is 1.88. The van der Waals surface area contributed by atoms with Gasteiger partial charge in [-0.3, -0.25) is 0 Å². The van der Waals surface area contributed by atoms with Crippen molar-refractivity contribution in [1.82, 2.24) is 0 Å². The molecule has 0 saturated heterocycles. The van der Waals surface area contributed by atoms with Crippen molar-refractivity contribution in [3.05, 3.63) is 54.1 Å². The Labute approximate surface area is 131 Å². The second kappa shape index (κ2) is 5.89. The molecule has 0 spiro atoms. The highest BCUT2D eigenvalue weighted by Crippen LogP contribution is 2.41. The molecule has 1 aliphatic heterocycles. The molecule has 2 atom stereocenters. The molecule has 3 rings (SSSR count). The molecule has 0 bridgehead atoms. The zero-order chi connectivity index (χ0) is 15.6. The van der Waals surface area contributed by atoms with Crippen molar-refractivity contribution in [2.24, 2.45) is 0 Å². The van der Waals surface area contributed by atoms with Crippen LogP contribution in [-0.2, 0) is 4.74 Å². The molecule has 1 N–H and O–H groups in total. The molecule has 2 aromatic rings. The molecule has 4 nitrogen and oxygen atoms in total. The smallest absolute Gasteiger partial charge is 0.209 e. The molecule has 2 aromatic carbocycles. The van der Waals surface area contributed by atoms with Crippen molar-refractivity contribution in [3.63, 3.8) is 0 Å². The third-order valence-electron chi connectivity index (χ3n) is 4.06. The van der Waals surface area contributed by atoms with Crippen molar-refractivity contribution in [1.29, 1.82) is 0 Å². The zero-order valence-corrected chi connectivity index (χ0v) is 13.1. The Morgan fingerprint density at radius 1 is 1.09 bits per heavy atom. The second-order valence-corrected chi connectivity index (χ2v) is 5.61. The van der Waals surface area contributed by atoms with Gasteiger partial charge in [0.15, 0.2) is 0 Å². The molecule has 0 radical (unpaired) electrons. The van der Waals surface area contributed by atoms with Crippen molar-refractivity contribution in [2.75, 3.05) is 19.5 Å². The Kier molecular flexibility index (Phi) is 3.94. The lowest BCUT2D eigenvalue weighted by atomic mass is 9.94. The predicted octanol–water partition coefficient (Wildman–Crippen LogP) is 3.99. The van der Waals surface area contributed by atoms with Crippen molar-refractivity contribution < 1.29 is 14.2 Å². The van der Waals surface area contributed by atoms with Gasteiger partial charge in [0.2, 0.25) is 5.79 Å². The highest BCUT2D eigenvalue weighted by Gasteiger charge is 2.37. The van der Waals surface area contributed by atoms with Gasteiger partial charge in [0, 0.05) is 31.7 Å². The van der Waals surface area contributed by atoms with Crippen LogP contribution < -0.4 is 14.8 Å². The van der Waals surface area contributed by atoms with Gasteiger partial charge < -0.3 is 19.5 Å². The number of para-hydroxylation sites is 1. The Hall–Kier alpha value is -2.20. The van der Waals surface area contributed by atoms with Gasteiger partial charge in [0.25, 0.3) is 0 Å². The first-order valence-electron chi connectivity index (χ1n) is 7.37. The molecule has 1 aliphatic rings. The minimum absolute atomic E-state index is 0.128. The van der Waals surface area contributed by atoms with E-state index in [2.05, 4.69) is 11.4 Å². The van der Waals surface area contributed by atoms with E-state index in [1.807, 2.05) is 49.4 Å². The van der Waals surface area contributed by atoms with Crippen LogP contribution in [0.4, 0.5) is 5.69 Å². The molecule has 0 aromatic heterocycles. The average Bonchev–Trinajstić information content (AvgIpc) is 2.55. The fourth-order valence-corrected chi connectivity index (χ4v) is 2.76. The molecule has 22 heavy (non-hydrogen) atoms. The first-order chi connectivity index (χ1) is 10.6. The van der Waals surface area contributed by atoms with Crippen molar-refractivity contribution in [3.8, 4) is 11.5 Å². The van der Waals surface area contributed by atoms with E-state index < -0.39 is 5.79 Å². The van der Waals surface area contributed by atoms with Crippen LogP contribution in [0.15, 0.2) is 48.5 Å². The molecule has 0 aliphatic carbocycles. The summed E-state index contributed by atoms with van der Waals surface area (Å²) in [5, 5.41) is 3.56. The normalized spacial score (nSPS) is 23.3. The van der Waals surface area contributed by atoms with Crippen LogP contribution in [0.2, 0.25) is 0 Å². The number of hydrogen-bond donors (Lipinski definition) is 1. The Morgan fingerprint density at radius 3 is 2.50 bits per heavy atom. The zero-order valence-electron chi connectivity index (χ0n) is 13.1. The second-order valence-electron chi connectivity index (χ2n) is 5.61. The lowest BCUT2D eigenvalue weighted by Gasteiger charge is -2.39. The van der Waals surface area contributed by atoms with Crippen LogP contribution in [-0.4, -0.2) is 20.0 Å². The quantitative estimate of drug-likeness (QED) is 0.926. The third kappa shape index (κ3) is 2.88. The monoisotopic (exact) mass is 299 g/mol. The van der Waals surface area contributed by atoms with Gasteiger partial charge in [-0.05, 0) is 30.3 Å². The summed E-state index contributed by atoms with van der Waals surface area (Å²) in [5.74, 6) is 1.09. The van der Waals surface area contributed by atoms with Crippen molar-refractivity contribution in [2.45, 2.75) is 25.2 Å². The van der Waals surface area contributed by atoms with Crippen LogP contribution in [0.3, 0.4) is 0 Å². The molecule has 116 valence electrons. The number of anilines is 1. The molecular formula is C18H21NO3. The van der Waals surface area contributed by atoms with Crippen LogP contribution in [0.1, 0.15) is 24.9 Å². The van der Waals surface area contributed by atoms with E-state index in [0.717, 1.165) is 29.2 Å². The van der Waals surface area contributed by atoms with E-state index in [9.17, 15) is 0 Å². The first-order valence-corrected chi connectivity index (χ1v) is 7.37. The summed E-state index contributed by atoms with van der Waals surface area (Å²) < 4.78 is 16.7. The fourth-order valence-electron chi connectivity index (χ4n) is 2.76. The molecule has 0 unspecified atom stereocenters. The third-order valence-corrected chi connectivity index (χ3v) is 4.06. The molecular weight excluding hydrogens is 278 g/mol. The lowest BCUT2D eigenvalue weighted by molar-refractivity contribution is -0.164. The molecule has 0 fully saturated rings. The first kappa shape index (κ1) is 14.7. The minimum Gasteiger partial charge on any atom is -0.497 e. The number of rotatable bonds is 4. The SMILES string of the molecule is COc1ccc(N[C@@H]2C[C@](C)(OC)Oc3ccccc32)cc1. The van der Waals surface area contributed by atoms with Gasteiger partial charge >= 0.3 is 0 Å². The summed E-state index contributed by atoms with van der Waals surface area (Å²) >= 11 is 0. The molecule has 4 heteroatoms. The summed E-state index contributed by atoms with van der Waals surface area (Å²) in [6.07, 6.45) is 0.729. The molecule has 0 amide bonds. The summed E-state index contributed by atoms with van der Waals surface area (Å²) in [6.45, 7) is 1.96. The fraction of sp³-hybridized carbons (Fsp3) is 0.333. The topological polar surface area (TPSA) is 39.7 Å². The Bertz CT molecular complexity index is 641. The maximum atomic E-state index is 5.99. The summed E-state index contributed by atoms with van der Waals surface area (Å²) in [6, 6.07) is 16.1. The largest absolute Gasteiger partial charge is 0.497 e. The van der Waals surface area contributed by atoms with Gasteiger partial charge in [-0.1, -0.05) is 18.2 Å². The van der Waals surface area contributed by atoms with E-state index in [1.165, 1.54) is 0 Å². The number of benzene rings is 2. The van der Waals surface area contributed by atoms with Gasteiger partial charge in [0.05, 0.1) is 13.2 Å².